The molecule has 2 N–H and O–H groups in total. The Morgan fingerprint density at radius 1 is 1.05 bits per heavy atom. The maximum atomic E-state index is 12.3. The summed E-state index contributed by atoms with van der Waals surface area (Å²) >= 11 is 0. The number of rotatable bonds is 6. The summed E-state index contributed by atoms with van der Waals surface area (Å²) in [6.07, 6.45) is 0.987. The van der Waals surface area contributed by atoms with E-state index in [-0.39, 0.29) is 18.0 Å². The molecule has 0 saturated carbocycles. The monoisotopic (exact) mass is 296 g/mol. The van der Waals surface area contributed by atoms with Crippen molar-refractivity contribution in [2.75, 3.05) is 5.32 Å². The van der Waals surface area contributed by atoms with Crippen LogP contribution in [-0.2, 0) is 11.2 Å². The van der Waals surface area contributed by atoms with Crippen LogP contribution in [0.5, 0.6) is 0 Å². The van der Waals surface area contributed by atoms with Crippen molar-refractivity contribution in [2.45, 2.75) is 39.3 Å². The molecular formula is C19H24N2O. The van der Waals surface area contributed by atoms with Gasteiger partial charge in [-0.3, -0.25) is 4.79 Å². The van der Waals surface area contributed by atoms with Crippen molar-refractivity contribution in [3.8, 4) is 0 Å². The van der Waals surface area contributed by atoms with Crippen LogP contribution in [0.1, 0.15) is 37.9 Å². The van der Waals surface area contributed by atoms with Crippen LogP contribution in [-0.4, -0.2) is 11.9 Å². The normalized spacial score (nSPS) is 13.2. The summed E-state index contributed by atoms with van der Waals surface area (Å²) < 4.78 is 0. The van der Waals surface area contributed by atoms with Gasteiger partial charge >= 0.3 is 0 Å². The number of carbonyl (C=O) groups excluding carboxylic acids is 1. The summed E-state index contributed by atoms with van der Waals surface area (Å²) in [4.78, 5) is 12.3. The number of hydrogen-bond acceptors (Lipinski definition) is 2. The van der Waals surface area contributed by atoms with E-state index in [0.717, 1.165) is 17.7 Å². The predicted octanol–water partition coefficient (Wildman–Crippen LogP) is 3.93. The predicted molar refractivity (Wildman–Crippen MR) is 91.9 cm³/mol. The molecule has 0 aromatic heterocycles. The molecule has 0 fully saturated rings. The van der Waals surface area contributed by atoms with Gasteiger partial charge < -0.3 is 10.6 Å². The van der Waals surface area contributed by atoms with E-state index in [1.54, 1.807) is 0 Å². The highest BCUT2D eigenvalue weighted by Crippen LogP contribution is 2.14. The molecule has 3 heteroatoms. The van der Waals surface area contributed by atoms with Gasteiger partial charge in [-0.25, -0.2) is 0 Å². The minimum absolute atomic E-state index is 0.0000684. The maximum absolute atomic E-state index is 12.3. The Bertz CT molecular complexity index is 610. The lowest BCUT2D eigenvalue weighted by Gasteiger charge is -2.19. The van der Waals surface area contributed by atoms with Gasteiger partial charge in [-0.1, -0.05) is 49.4 Å². The van der Waals surface area contributed by atoms with Crippen LogP contribution in [0.25, 0.3) is 0 Å². The topological polar surface area (TPSA) is 41.1 Å². The van der Waals surface area contributed by atoms with Gasteiger partial charge in [0.15, 0.2) is 0 Å². The first-order valence-corrected chi connectivity index (χ1v) is 7.81. The molecule has 0 radical (unpaired) electrons. The maximum Gasteiger partial charge on any atom is 0.242 e. The number of carbonyl (C=O) groups is 1. The molecule has 0 unspecified atom stereocenters. The standard InChI is InChI=1S/C19H24N2O/c1-4-16-9-8-12-18(13-16)20-15(3)19(22)21-14(2)17-10-6-5-7-11-17/h5-15,20H,4H2,1-3H3,(H,21,22)/t14-,15-/m1/s1. The van der Waals surface area contributed by atoms with Crippen LogP contribution < -0.4 is 10.6 Å². The van der Waals surface area contributed by atoms with E-state index in [0.29, 0.717) is 0 Å². The number of hydrogen-bond donors (Lipinski definition) is 2. The summed E-state index contributed by atoms with van der Waals surface area (Å²) in [5.41, 5.74) is 3.35. The van der Waals surface area contributed by atoms with Crippen molar-refractivity contribution in [3.05, 3.63) is 65.7 Å². The first kappa shape index (κ1) is 16.1. The summed E-state index contributed by atoms with van der Waals surface area (Å²) in [5.74, 6) is -0.00162. The number of benzene rings is 2. The van der Waals surface area contributed by atoms with Crippen LogP contribution in [0, 0.1) is 0 Å². The zero-order valence-corrected chi connectivity index (χ0v) is 13.5. The smallest absolute Gasteiger partial charge is 0.242 e. The molecule has 2 aromatic carbocycles. The quantitative estimate of drug-likeness (QED) is 0.848. The molecule has 3 nitrogen and oxygen atoms in total. The molecule has 0 heterocycles. The molecule has 0 aliphatic carbocycles. The summed E-state index contributed by atoms with van der Waals surface area (Å²) in [5, 5.41) is 6.30. The zero-order valence-electron chi connectivity index (χ0n) is 13.5. The van der Waals surface area contributed by atoms with Crippen LogP contribution in [0.15, 0.2) is 54.6 Å². The Labute approximate surface area is 132 Å². The van der Waals surface area contributed by atoms with Gasteiger partial charge in [0, 0.05) is 5.69 Å². The second-order valence-corrected chi connectivity index (χ2v) is 5.56. The lowest BCUT2D eigenvalue weighted by molar-refractivity contribution is -0.122. The first-order valence-electron chi connectivity index (χ1n) is 7.81. The third kappa shape index (κ3) is 4.35. The van der Waals surface area contributed by atoms with Gasteiger partial charge in [0.25, 0.3) is 0 Å². The Morgan fingerprint density at radius 3 is 2.45 bits per heavy atom. The van der Waals surface area contributed by atoms with Gasteiger partial charge in [-0.15, -0.1) is 0 Å². The minimum atomic E-state index is -0.279. The molecule has 0 aliphatic heterocycles. The molecule has 0 spiro atoms. The van der Waals surface area contributed by atoms with Crippen molar-refractivity contribution in [1.29, 1.82) is 0 Å². The Balaban J connectivity index is 1.94. The van der Waals surface area contributed by atoms with E-state index in [4.69, 9.17) is 0 Å². The van der Waals surface area contributed by atoms with Gasteiger partial charge in [0.2, 0.25) is 5.91 Å². The Kier molecular flexibility index (Phi) is 5.59. The first-order chi connectivity index (χ1) is 10.6. The highest BCUT2D eigenvalue weighted by Gasteiger charge is 2.15. The van der Waals surface area contributed by atoms with E-state index < -0.39 is 0 Å². The average Bonchev–Trinajstić information content (AvgIpc) is 2.55. The summed E-state index contributed by atoms with van der Waals surface area (Å²) in [6.45, 7) is 6.00. The van der Waals surface area contributed by atoms with Gasteiger partial charge in [0.05, 0.1) is 6.04 Å². The fourth-order valence-corrected chi connectivity index (χ4v) is 2.36. The van der Waals surface area contributed by atoms with Crippen LogP contribution in [0.4, 0.5) is 5.69 Å². The van der Waals surface area contributed by atoms with E-state index >= 15 is 0 Å². The van der Waals surface area contributed by atoms with Crippen LogP contribution in [0.2, 0.25) is 0 Å². The van der Waals surface area contributed by atoms with Crippen molar-refractivity contribution in [3.63, 3.8) is 0 Å². The Morgan fingerprint density at radius 2 is 1.77 bits per heavy atom. The number of anilines is 1. The molecule has 22 heavy (non-hydrogen) atoms. The fourth-order valence-electron chi connectivity index (χ4n) is 2.36. The highest BCUT2D eigenvalue weighted by molar-refractivity contribution is 5.84. The molecule has 1 amide bonds. The molecule has 0 aliphatic rings. The van der Waals surface area contributed by atoms with Gasteiger partial charge in [-0.2, -0.15) is 0 Å². The van der Waals surface area contributed by atoms with E-state index in [1.807, 2.05) is 56.3 Å². The van der Waals surface area contributed by atoms with Crippen molar-refractivity contribution < 1.29 is 4.79 Å². The Hall–Kier alpha value is -2.29. The lowest BCUT2D eigenvalue weighted by Crippen LogP contribution is -2.38. The second kappa shape index (κ2) is 7.64. The molecule has 2 aromatic rings. The molecular weight excluding hydrogens is 272 g/mol. The van der Waals surface area contributed by atoms with Crippen molar-refractivity contribution >= 4 is 11.6 Å². The van der Waals surface area contributed by atoms with Crippen molar-refractivity contribution in [2.24, 2.45) is 0 Å². The molecule has 2 rings (SSSR count). The molecule has 116 valence electrons. The number of amides is 1. The van der Waals surface area contributed by atoms with Gasteiger partial charge in [0.1, 0.15) is 6.04 Å². The zero-order chi connectivity index (χ0) is 15.9. The molecule has 2 atom stereocenters. The van der Waals surface area contributed by atoms with E-state index in [2.05, 4.69) is 29.7 Å². The summed E-state index contributed by atoms with van der Waals surface area (Å²) in [6, 6.07) is 17.9. The molecule has 0 saturated heterocycles. The second-order valence-electron chi connectivity index (χ2n) is 5.56. The van der Waals surface area contributed by atoms with Crippen LogP contribution >= 0.6 is 0 Å². The molecule has 0 bridgehead atoms. The number of nitrogens with one attached hydrogen (secondary N) is 2. The van der Waals surface area contributed by atoms with E-state index in [9.17, 15) is 4.79 Å². The lowest BCUT2D eigenvalue weighted by atomic mass is 10.1. The van der Waals surface area contributed by atoms with Gasteiger partial charge in [-0.05, 0) is 43.5 Å². The van der Waals surface area contributed by atoms with E-state index in [1.165, 1.54) is 5.56 Å². The largest absolute Gasteiger partial charge is 0.374 e. The third-order valence-electron chi connectivity index (χ3n) is 3.77. The number of aryl methyl sites for hydroxylation is 1. The van der Waals surface area contributed by atoms with Crippen molar-refractivity contribution in [1.82, 2.24) is 5.32 Å². The fraction of sp³-hybridized carbons (Fsp3) is 0.316. The third-order valence-corrected chi connectivity index (χ3v) is 3.77. The average molecular weight is 296 g/mol. The minimum Gasteiger partial charge on any atom is -0.374 e. The summed E-state index contributed by atoms with van der Waals surface area (Å²) in [7, 11) is 0. The highest BCUT2D eigenvalue weighted by atomic mass is 16.2. The van der Waals surface area contributed by atoms with Crippen LogP contribution in [0.3, 0.4) is 0 Å². The SMILES string of the molecule is CCc1cccc(N[C@H](C)C(=O)N[C@H](C)c2ccccc2)c1.